The fourth-order valence-corrected chi connectivity index (χ4v) is 8.77. The zero-order valence-corrected chi connectivity index (χ0v) is 41.5. The second-order valence-corrected chi connectivity index (χ2v) is 19.3. The van der Waals surface area contributed by atoms with Crippen LogP contribution in [-0.4, -0.2) is 93.8 Å². The van der Waals surface area contributed by atoms with Gasteiger partial charge in [0.25, 0.3) is 32.1 Å². The van der Waals surface area contributed by atoms with Crippen molar-refractivity contribution in [2.45, 2.75) is 22.6 Å². The molecular weight excluding hydrogens is 1020 g/mol. The summed E-state index contributed by atoms with van der Waals surface area (Å²) in [5.41, 5.74) is 2.49. The molecule has 2 heterocycles. The summed E-state index contributed by atoms with van der Waals surface area (Å²) in [6.45, 7) is 0.636. The fraction of sp³-hybridized carbons (Fsp3) is 0.115. The van der Waals surface area contributed by atoms with Crippen LogP contribution in [0.25, 0.3) is 12.2 Å². The SMILES string of the molecule is O=C(NCCNc1nc(Cc2ccccc2)nc(Cc2ccc(/C=C/c3ccc(Nc4nc(NCCNC(=O)c5ccc(F)cc5)nc(Nc5ccccc5)n4)cc3S(=O)(=O)O)c(S(=O)(=O)O)c2)n1)c1ccc(F)cc1. The molecule has 8 rings (SSSR count). The van der Waals surface area contributed by atoms with Gasteiger partial charge in [-0.25, -0.2) is 13.8 Å². The summed E-state index contributed by atoms with van der Waals surface area (Å²) in [5.74, 6) is -0.883. The van der Waals surface area contributed by atoms with Gasteiger partial charge in [0.2, 0.25) is 23.8 Å². The lowest BCUT2D eigenvalue weighted by Crippen LogP contribution is -2.29. The van der Waals surface area contributed by atoms with Crippen molar-refractivity contribution in [3.8, 4) is 0 Å². The van der Waals surface area contributed by atoms with E-state index in [0.717, 1.165) is 11.6 Å². The van der Waals surface area contributed by atoms with Crippen LogP contribution in [-0.2, 0) is 33.1 Å². The molecule has 0 unspecified atom stereocenters. The number of nitrogens with zero attached hydrogens (tertiary/aromatic N) is 6. The van der Waals surface area contributed by atoms with E-state index in [9.17, 15) is 44.3 Å². The molecule has 20 nitrogen and oxygen atoms in total. The molecule has 0 saturated heterocycles. The Bertz CT molecular complexity index is 3390. The summed E-state index contributed by atoms with van der Waals surface area (Å²) in [5, 5.41) is 17.5. The lowest BCUT2D eigenvalue weighted by molar-refractivity contribution is 0.0947. The Morgan fingerprint density at radius 1 is 0.461 bits per heavy atom. The van der Waals surface area contributed by atoms with Crippen molar-refractivity contribution in [2.75, 3.05) is 47.4 Å². The molecule has 0 atom stereocenters. The summed E-state index contributed by atoms with van der Waals surface area (Å²) in [7, 11) is -9.82. The van der Waals surface area contributed by atoms with Crippen LogP contribution in [0.15, 0.2) is 155 Å². The third-order valence-electron chi connectivity index (χ3n) is 10.9. The van der Waals surface area contributed by atoms with E-state index in [1.54, 1.807) is 30.3 Å². The summed E-state index contributed by atoms with van der Waals surface area (Å²) in [4.78, 5) is 50.9. The van der Waals surface area contributed by atoms with Crippen molar-refractivity contribution in [1.82, 2.24) is 40.5 Å². The zero-order valence-electron chi connectivity index (χ0n) is 39.9. The molecule has 24 heteroatoms. The average molecular weight is 1070 g/mol. The van der Waals surface area contributed by atoms with Gasteiger partial charge in [0.05, 0.1) is 0 Å². The largest absolute Gasteiger partial charge is 0.352 e. The Kier molecular flexibility index (Phi) is 17.0. The number of aromatic nitrogens is 6. The maximum atomic E-state index is 13.3. The van der Waals surface area contributed by atoms with Gasteiger partial charge in [0, 0.05) is 61.5 Å². The van der Waals surface area contributed by atoms with Gasteiger partial charge in [-0.15, -0.1) is 0 Å². The third-order valence-corrected chi connectivity index (χ3v) is 12.7. The number of benzene rings is 6. The number of hydrogen-bond acceptors (Lipinski definition) is 16. The Balaban J connectivity index is 0.992. The first-order chi connectivity index (χ1) is 36.5. The molecule has 6 aromatic carbocycles. The monoisotopic (exact) mass is 1070 g/mol. The number of rotatable bonds is 22. The molecule has 0 radical (unpaired) electrons. The van der Waals surface area contributed by atoms with Crippen molar-refractivity contribution in [3.05, 3.63) is 202 Å². The van der Waals surface area contributed by atoms with Crippen molar-refractivity contribution < 1.29 is 44.3 Å². The van der Waals surface area contributed by atoms with Crippen molar-refractivity contribution in [3.63, 3.8) is 0 Å². The molecule has 2 aromatic heterocycles. The molecule has 0 fully saturated rings. The van der Waals surface area contributed by atoms with Gasteiger partial charge in [-0.1, -0.05) is 78.9 Å². The van der Waals surface area contributed by atoms with Crippen molar-refractivity contribution >= 4 is 79.4 Å². The van der Waals surface area contributed by atoms with Crippen LogP contribution in [0.2, 0.25) is 0 Å². The molecular formula is C52H46F2N12O8S2. The number of carbonyl (C=O) groups is 2. The van der Waals surface area contributed by atoms with E-state index in [2.05, 4.69) is 61.8 Å². The topological polar surface area (TPSA) is 292 Å². The number of anilines is 6. The molecule has 8 aromatic rings. The molecule has 0 spiro atoms. The molecule has 8 N–H and O–H groups in total. The van der Waals surface area contributed by atoms with Gasteiger partial charge in [-0.05, 0) is 101 Å². The van der Waals surface area contributed by atoms with Crippen LogP contribution < -0.4 is 31.9 Å². The Hall–Kier alpha value is -9.10. The quantitative estimate of drug-likeness (QED) is 0.0187. The second kappa shape index (κ2) is 24.3. The van der Waals surface area contributed by atoms with E-state index in [4.69, 9.17) is 0 Å². The Labute approximate surface area is 434 Å². The summed E-state index contributed by atoms with van der Waals surface area (Å²) < 4.78 is 98.9. The zero-order chi connectivity index (χ0) is 53.7. The maximum absolute atomic E-state index is 13.3. The Morgan fingerprint density at radius 2 is 0.908 bits per heavy atom. The number of para-hydroxylation sites is 1. The summed E-state index contributed by atoms with van der Waals surface area (Å²) >= 11 is 0. The van der Waals surface area contributed by atoms with Crippen LogP contribution in [0.1, 0.15) is 54.6 Å². The molecule has 2 amide bonds. The molecule has 0 aliphatic rings. The van der Waals surface area contributed by atoms with Crippen LogP contribution in [0.5, 0.6) is 0 Å². The number of hydrogen-bond donors (Lipinski definition) is 8. The van der Waals surface area contributed by atoms with Gasteiger partial charge in [-0.3, -0.25) is 18.7 Å². The normalized spacial score (nSPS) is 11.5. The molecule has 0 bridgehead atoms. The highest BCUT2D eigenvalue weighted by Crippen LogP contribution is 2.28. The minimum absolute atomic E-state index is 0.0200. The standard InChI is InChI=1S/C52H46F2N12O8S2/c53-39-20-15-37(16-21-39)47(67)55-25-27-57-49-62-45(30-33-7-3-1-4-8-33)61-46(63-49)31-34-11-12-35(43(29-34)75(69,70)71)13-14-36-19-24-42(32-44(36)76(72,73)74)60-52-65-50(64-51(66-52)59-41-9-5-2-6-10-41)58-28-26-56-48(68)38-17-22-40(54)23-18-38/h1-24,29,32H,25-28,30-31H2,(H,55,67)(H,56,68)(H,69,70,71)(H,72,73,74)(H,57,61,62,63)(H3,58,59,60,64,65,66)/b14-13+. The van der Waals surface area contributed by atoms with Crippen molar-refractivity contribution in [2.24, 2.45) is 0 Å². The van der Waals surface area contributed by atoms with Crippen LogP contribution >= 0.6 is 0 Å². The highest BCUT2D eigenvalue weighted by Gasteiger charge is 2.20. The first-order valence-electron chi connectivity index (χ1n) is 23.1. The summed E-state index contributed by atoms with van der Waals surface area (Å²) in [6.07, 6.45) is 2.81. The average Bonchev–Trinajstić information content (AvgIpc) is 3.39. The van der Waals surface area contributed by atoms with E-state index < -0.39 is 53.5 Å². The van der Waals surface area contributed by atoms with E-state index in [-0.39, 0.29) is 90.2 Å². The van der Waals surface area contributed by atoms with Crippen LogP contribution in [0, 0.1) is 11.6 Å². The lowest BCUT2D eigenvalue weighted by Gasteiger charge is -2.13. The second-order valence-electron chi connectivity index (χ2n) is 16.5. The number of halogens is 2. The highest BCUT2D eigenvalue weighted by atomic mass is 32.2. The van der Waals surface area contributed by atoms with E-state index in [0.29, 0.717) is 23.5 Å². The van der Waals surface area contributed by atoms with Crippen LogP contribution in [0.3, 0.4) is 0 Å². The van der Waals surface area contributed by atoms with Gasteiger partial charge in [0.1, 0.15) is 33.1 Å². The summed E-state index contributed by atoms with van der Waals surface area (Å²) in [6, 6.07) is 36.7. The Morgan fingerprint density at radius 3 is 1.43 bits per heavy atom. The molecule has 0 aliphatic heterocycles. The first kappa shape index (κ1) is 53.2. The van der Waals surface area contributed by atoms with Crippen molar-refractivity contribution in [1.29, 1.82) is 0 Å². The van der Waals surface area contributed by atoms with E-state index in [1.807, 2.05) is 36.4 Å². The minimum Gasteiger partial charge on any atom is -0.352 e. The molecule has 388 valence electrons. The number of amides is 2. The van der Waals surface area contributed by atoms with Crippen LogP contribution in [0.4, 0.5) is 43.9 Å². The smallest absolute Gasteiger partial charge is 0.295 e. The maximum Gasteiger partial charge on any atom is 0.295 e. The van der Waals surface area contributed by atoms with E-state index >= 15 is 0 Å². The molecule has 0 saturated carbocycles. The molecule has 0 aliphatic carbocycles. The first-order valence-corrected chi connectivity index (χ1v) is 26.0. The number of nitrogens with one attached hydrogen (secondary N) is 6. The van der Waals surface area contributed by atoms with Gasteiger partial charge in [-0.2, -0.15) is 41.8 Å². The number of carbonyl (C=O) groups excluding carboxylic acids is 2. The highest BCUT2D eigenvalue weighted by molar-refractivity contribution is 7.86. The fourth-order valence-electron chi connectivity index (χ4n) is 7.32. The van der Waals surface area contributed by atoms with Gasteiger partial charge < -0.3 is 31.9 Å². The predicted octanol–water partition coefficient (Wildman–Crippen LogP) is 7.35. The third kappa shape index (κ3) is 15.2. The lowest BCUT2D eigenvalue weighted by atomic mass is 10.1. The van der Waals surface area contributed by atoms with Gasteiger partial charge >= 0.3 is 0 Å². The molecule has 76 heavy (non-hydrogen) atoms. The minimum atomic E-state index is -4.93. The van der Waals surface area contributed by atoms with Gasteiger partial charge in [0.15, 0.2) is 0 Å². The van der Waals surface area contributed by atoms with E-state index in [1.165, 1.54) is 84.9 Å². The predicted molar refractivity (Wildman–Crippen MR) is 281 cm³/mol.